The summed E-state index contributed by atoms with van der Waals surface area (Å²) in [7, 11) is 0. The highest BCUT2D eigenvalue weighted by Crippen LogP contribution is 2.26. The molecule has 0 aromatic heterocycles. The molecule has 0 bridgehead atoms. The number of carboxylic acids is 1. The maximum Gasteiger partial charge on any atom is 0.335 e. The molecular weight excluding hydrogens is 304 g/mol. The Morgan fingerprint density at radius 3 is 2.71 bits per heavy atom. The average molecular weight is 330 g/mol. The van der Waals surface area contributed by atoms with E-state index in [0.717, 1.165) is 37.8 Å². The maximum atomic E-state index is 12.8. The summed E-state index contributed by atoms with van der Waals surface area (Å²) in [4.78, 5) is 25.9. The predicted molar refractivity (Wildman–Crippen MR) is 91.8 cm³/mol. The summed E-state index contributed by atoms with van der Waals surface area (Å²) in [6.45, 7) is 1.41. The van der Waals surface area contributed by atoms with E-state index in [1.807, 2.05) is 6.07 Å². The molecule has 1 atom stereocenters. The van der Waals surface area contributed by atoms with Crippen LogP contribution in [-0.2, 0) is 11.3 Å². The molecule has 1 aliphatic heterocycles. The Morgan fingerprint density at radius 2 is 1.96 bits per heavy atom. The molecule has 1 amide bonds. The summed E-state index contributed by atoms with van der Waals surface area (Å²) in [5.41, 5.74) is 1.19. The van der Waals surface area contributed by atoms with E-state index < -0.39 is 5.97 Å². The van der Waals surface area contributed by atoms with Crippen LogP contribution in [0.3, 0.4) is 0 Å². The standard InChI is InChI=1S/C19H26N2O3/c22-18-17(10-5-11-21(18)16-8-2-1-3-9-16)20-13-14-6-4-7-15(12-14)19(23)24/h4,6-7,12,16-17,20H,1-3,5,8-11,13H2,(H,23,24). The van der Waals surface area contributed by atoms with E-state index in [-0.39, 0.29) is 17.5 Å². The SMILES string of the molecule is O=C(O)c1cccc(CNC2CCCN(C3CCCCC3)C2=O)c1. The van der Waals surface area contributed by atoms with Crippen LogP contribution in [0.15, 0.2) is 24.3 Å². The van der Waals surface area contributed by atoms with Crippen molar-refractivity contribution < 1.29 is 14.7 Å². The van der Waals surface area contributed by atoms with E-state index in [0.29, 0.717) is 12.6 Å². The number of carbonyl (C=O) groups excluding carboxylic acids is 1. The molecule has 24 heavy (non-hydrogen) atoms. The topological polar surface area (TPSA) is 69.6 Å². The van der Waals surface area contributed by atoms with Gasteiger partial charge in [0.05, 0.1) is 11.6 Å². The molecule has 2 fully saturated rings. The molecule has 5 heteroatoms. The van der Waals surface area contributed by atoms with Gasteiger partial charge in [-0.15, -0.1) is 0 Å². The molecule has 3 rings (SSSR count). The molecule has 1 aromatic rings. The fraction of sp³-hybridized carbons (Fsp3) is 0.579. The lowest BCUT2D eigenvalue weighted by molar-refractivity contribution is -0.139. The number of aromatic carboxylic acids is 1. The van der Waals surface area contributed by atoms with Crippen molar-refractivity contribution in [1.82, 2.24) is 10.2 Å². The average Bonchev–Trinajstić information content (AvgIpc) is 2.62. The highest BCUT2D eigenvalue weighted by Gasteiger charge is 2.33. The van der Waals surface area contributed by atoms with Gasteiger partial charge in [-0.2, -0.15) is 0 Å². The van der Waals surface area contributed by atoms with Gasteiger partial charge in [-0.3, -0.25) is 4.79 Å². The van der Waals surface area contributed by atoms with Gasteiger partial charge in [-0.25, -0.2) is 4.79 Å². The van der Waals surface area contributed by atoms with Gasteiger partial charge < -0.3 is 15.3 Å². The van der Waals surface area contributed by atoms with Crippen LogP contribution in [0.25, 0.3) is 0 Å². The van der Waals surface area contributed by atoms with Gasteiger partial charge in [0.2, 0.25) is 5.91 Å². The van der Waals surface area contributed by atoms with Crippen LogP contribution in [0.5, 0.6) is 0 Å². The van der Waals surface area contributed by atoms with Crippen molar-refractivity contribution in [2.24, 2.45) is 0 Å². The zero-order valence-electron chi connectivity index (χ0n) is 14.0. The minimum Gasteiger partial charge on any atom is -0.478 e. The lowest BCUT2D eigenvalue weighted by atomic mass is 9.91. The van der Waals surface area contributed by atoms with E-state index in [1.165, 1.54) is 19.3 Å². The highest BCUT2D eigenvalue weighted by molar-refractivity contribution is 5.87. The number of hydrogen-bond acceptors (Lipinski definition) is 3. The Balaban J connectivity index is 1.59. The van der Waals surface area contributed by atoms with Crippen molar-refractivity contribution in [3.05, 3.63) is 35.4 Å². The monoisotopic (exact) mass is 330 g/mol. The van der Waals surface area contributed by atoms with Crippen molar-refractivity contribution >= 4 is 11.9 Å². The zero-order chi connectivity index (χ0) is 16.9. The Morgan fingerprint density at radius 1 is 1.17 bits per heavy atom. The van der Waals surface area contributed by atoms with Crippen LogP contribution in [0.4, 0.5) is 0 Å². The van der Waals surface area contributed by atoms with Crippen LogP contribution in [0.1, 0.15) is 60.9 Å². The largest absolute Gasteiger partial charge is 0.478 e. The first kappa shape index (κ1) is 17.0. The number of carboxylic acid groups (broad SMARTS) is 1. The third-order valence-electron chi connectivity index (χ3n) is 5.21. The van der Waals surface area contributed by atoms with Gasteiger partial charge in [0.25, 0.3) is 0 Å². The second-order valence-electron chi connectivity index (χ2n) is 6.90. The summed E-state index contributed by atoms with van der Waals surface area (Å²) in [5.74, 6) is -0.698. The second kappa shape index (κ2) is 7.79. The first-order valence-electron chi connectivity index (χ1n) is 9.01. The van der Waals surface area contributed by atoms with Crippen molar-refractivity contribution in [3.63, 3.8) is 0 Å². The van der Waals surface area contributed by atoms with Crippen molar-refractivity contribution in [2.75, 3.05) is 6.54 Å². The number of amides is 1. The molecule has 2 aliphatic rings. The Labute approximate surface area is 143 Å². The fourth-order valence-electron chi connectivity index (χ4n) is 3.90. The molecule has 1 saturated carbocycles. The lowest BCUT2D eigenvalue weighted by Crippen LogP contribution is -2.54. The summed E-state index contributed by atoms with van der Waals surface area (Å²) >= 11 is 0. The lowest BCUT2D eigenvalue weighted by Gasteiger charge is -2.40. The highest BCUT2D eigenvalue weighted by atomic mass is 16.4. The van der Waals surface area contributed by atoms with Gasteiger partial charge in [-0.05, 0) is 43.4 Å². The number of benzene rings is 1. The van der Waals surface area contributed by atoms with E-state index in [2.05, 4.69) is 10.2 Å². The summed E-state index contributed by atoms with van der Waals surface area (Å²) < 4.78 is 0. The predicted octanol–water partition coefficient (Wildman–Crippen LogP) is 2.80. The molecule has 0 radical (unpaired) electrons. The summed E-state index contributed by atoms with van der Waals surface area (Å²) in [6.07, 6.45) is 7.93. The number of likely N-dealkylation sites (tertiary alicyclic amines) is 1. The Kier molecular flexibility index (Phi) is 5.51. The van der Waals surface area contributed by atoms with E-state index in [1.54, 1.807) is 18.2 Å². The molecule has 1 aliphatic carbocycles. The minimum absolute atomic E-state index is 0.144. The van der Waals surface area contributed by atoms with Crippen molar-refractivity contribution in [2.45, 2.75) is 63.6 Å². The van der Waals surface area contributed by atoms with E-state index in [9.17, 15) is 9.59 Å². The maximum absolute atomic E-state index is 12.8. The number of carbonyl (C=O) groups is 2. The van der Waals surface area contributed by atoms with Crippen LogP contribution in [0.2, 0.25) is 0 Å². The third-order valence-corrected chi connectivity index (χ3v) is 5.21. The van der Waals surface area contributed by atoms with E-state index in [4.69, 9.17) is 5.11 Å². The van der Waals surface area contributed by atoms with Gasteiger partial charge in [0, 0.05) is 19.1 Å². The first-order valence-corrected chi connectivity index (χ1v) is 9.01. The quantitative estimate of drug-likeness (QED) is 0.871. The van der Waals surface area contributed by atoms with E-state index >= 15 is 0 Å². The molecule has 5 nitrogen and oxygen atoms in total. The smallest absolute Gasteiger partial charge is 0.335 e. The molecule has 1 heterocycles. The molecule has 1 unspecified atom stereocenters. The summed E-state index contributed by atoms with van der Waals surface area (Å²) in [6, 6.07) is 7.17. The molecule has 1 aromatic carbocycles. The van der Waals surface area contributed by atoms with Crippen LogP contribution in [-0.4, -0.2) is 40.5 Å². The van der Waals surface area contributed by atoms with Crippen LogP contribution in [0, 0.1) is 0 Å². The summed E-state index contributed by atoms with van der Waals surface area (Å²) in [5, 5.41) is 12.4. The van der Waals surface area contributed by atoms with Gasteiger partial charge in [-0.1, -0.05) is 31.4 Å². The normalized spacial score (nSPS) is 22.6. The van der Waals surface area contributed by atoms with Crippen LogP contribution < -0.4 is 5.32 Å². The number of hydrogen-bond donors (Lipinski definition) is 2. The zero-order valence-corrected chi connectivity index (χ0v) is 14.0. The van der Waals surface area contributed by atoms with Crippen molar-refractivity contribution in [1.29, 1.82) is 0 Å². The number of piperidine rings is 1. The third kappa shape index (κ3) is 3.96. The number of nitrogens with zero attached hydrogens (tertiary/aromatic N) is 1. The first-order chi connectivity index (χ1) is 11.6. The fourth-order valence-corrected chi connectivity index (χ4v) is 3.90. The molecular formula is C19H26N2O3. The number of nitrogens with one attached hydrogen (secondary N) is 1. The van der Waals surface area contributed by atoms with Gasteiger partial charge in [0.15, 0.2) is 0 Å². The molecule has 1 saturated heterocycles. The molecule has 130 valence electrons. The van der Waals surface area contributed by atoms with Crippen LogP contribution >= 0.6 is 0 Å². The Hall–Kier alpha value is -1.88. The van der Waals surface area contributed by atoms with Crippen molar-refractivity contribution in [3.8, 4) is 0 Å². The molecule has 0 spiro atoms. The Bertz CT molecular complexity index is 596. The minimum atomic E-state index is -0.922. The van der Waals surface area contributed by atoms with Gasteiger partial charge in [0.1, 0.15) is 0 Å². The second-order valence-corrected chi connectivity index (χ2v) is 6.90. The van der Waals surface area contributed by atoms with Gasteiger partial charge >= 0.3 is 5.97 Å². The number of rotatable bonds is 5. The molecule has 2 N–H and O–H groups in total.